The van der Waals surface area contributed by atoms with Crippen molar-refractivity contribution in [2.24, 2.45) is 11.8 Å². The highest BCUT2D eigenvalue weighted by atomic mass is 19.1. The van der Waals surface area contributed by atoms with Gasteiger partial charge in [-0.3, -0.25) is 9.69 Å². The summed E-state index contributed by atoms with van der Waals surface area (Å²) in [5.74, 6) is -0.498. The summed E-state index contributed by atoms with van der Waals surface area (Å²) in [6.45, 7) is 9.67. The third-order valence-electron chi connectivity index (χ3n) is 2.98. The van der Waals surface area contributed by atoms with E-state index >= 15 is 0 Å². The molecule has 4 heteroatoms. The van der Waals surface area contributed by atoms with E-state index in [2.05, 4.69) is 27.7 Å². The molecule has 0 fully saturated rings. The van der Waals surface area contributed by atoms with Crippen molar-refractivity contribution in [2.45, 2.75) is 33.7 Å². The molecule has 1 aromatic rings. The van der Waals surface area contributed by atoms with Gasteiger partial charge in [0.15, 0.2) is 0 Å². The van der Waals surface area contributed by atoms with Crippen LogP contribution in [0.4, 0.5) is 4.39 Å². The third kappa shape index (κ3) is 4.93. The minimum Gasteiger partial charge on any atom is -0.480 e. The maximum atomic E-state index is 13.0. The van der Waals surface area contributed by atoms with Crippen LogP contribution in [0.2, 0.25) is 0 Å². The molecule has 0 saturated heterocycles. The lowest BCUT2D eigenvalue weighted by molar-refractivity contribution is -0.144. The Balaban J connectivity index is 3.06. The van der Waals surface area contributed by atoms with Gasteiger partial charge in [0.25, 0.3) is 0 Å². The second-order valence-electron chi connectivity index (χ2n) is 6.03. The molecule has 1 unspecified atom stereocenters. The van der Waals surface area contributed by atoms with E-state index in [0.717, 1.165) is 0 Å². The van der Waals surface area contributed by atoms with Gasteiger partial charge in [-0.05, 0) is 29.5 Å². The normalized spacial score (nSPS) is 13.2. The molecule has 1 rings (SSSR count). The smallest absolute Gasteiger partial charge is 0.325 e. The number of halogens is 1. The number of hydrogen-bond donors (Lipinski definition) is 1. The van der Waals surface area contributed by atoms with Gasteiger partial charge in [-0.1, -0.05) is 39.8 Å². The van der Waals surface area contributed by atoms with E-state index in [1.807, 2.05) is 4.90 Å². The molecule has 0 aromatic heterocycles. The van der Waals surface area contributed by atoms with E-state index in [1.165, 1.54) is 12.1 Å². The molecule has 112 valence electrons. The van der Waals surface area contributed by atoms with Crippen LogP contribution < -0.4 is 0 Å². The number of nitrogens with zero attached hydrogens (tertiary/aromatic N) is 1. The lowest BCUT2D eigenvalue weighted by Crippen LogP contribution is -2.39. The molecule has 3 nitrogen and oxygen atoms in total. The monoisotopic (exact) mass is 281 g/mol. The SMILES string of the molecule is CC(C)CN(CC(C)C)C(C(=O)O)c1ccc(F)cc1. The zero-order valence-corrected chi connectivity index (χ0v) is 12.6. The van der Waals surface area contributed by atoms with Gasteiger partial charge in [0.1, 0.15) is 11.9 Å². The van der Waals surface area contributed by atoms with Gasteiger partial charge in [0, 0.05) is 13.1 Å². The third-order valence-corrected chi connectivity index (χ3v) is 2.98. The van der Waals surface area contributed by atoms with Crippen LogP contribution in [-0.2, 0) is 4.79 Å². The van der Waals surface area contributed by atoms with Crippen molar-refractivity contribution in [2.75, 3.05) is 13.1 Å². The van der Waals surface area contributed by atoms with Crippen molar-refractivity contribution >= 4 is 5.97 Å². The highest BCUT2D eigenvalue weighted by Gasteiger charge is 2.28. The number of carboxylic acids is 1. The molecule has 20 heavy (non-hydrogen) atoms. The number of carboxylic acid groups (broad SMARTS) is 1. The molecule has 0 radical (unpaired) electrons. The van der Waals surface area contributed by atoms with E-state index in [1.54, 1.807) is 12.1 Å². The Morgan fingerprint density at radius 2 is 1.55 bits per heavy atom. The van der Waals surface area contributed by atoms with Crippen molar-refractivity contribution < 1.29 is 14.3 Å². The summed E-state index contributed by atoms with van der Waals surface area (Å²) < 4.78 is 13.0. The van der Waals surface area contributed by atoms with Crippen LogP contribution in [0.15, 0.2) is 24.3 Å². The zero-order valence-electron chi connectivity index (χ0n) is 12.6. The molecule has 1 aromatic carbocycles. The van der Waals surface area contributed by atoms with E-state index in [4.69, 9.17) is 0 Å². The Bertz CT molecular complexity index is 419. The van der Waals surface area contributed by atoms with Crippen molar-refractivity contribution in [1.82, 2.24) is 4.90 Å². The van der Waals surface area contributed by atoms with Crippen molar-refractivity contribution in [3.05, 3.63) is 35.6 Å². The number of benzene rings is 1. The standard InChI is InChI=1S/C16H24FNO2/c1-11(2)9-18(10-12(3)4)15(16(19)20)13-5-7-14(17)8-6-13/h5-8,11-12,15H,9-10H2,1-4H3,(H,19,20). The summed E-state index contributed by atoms with van der Waals surface area (Å²) >= 11 is 0. The van der Waals surface area contributed by atoms with Crippen LogP contribution in [-0.4, -0.2) is 29.1 Å². The van der Waals surface area contributed by atoms with Gasteiger partial charge < -0.3 is 5.11 Å². The first-order valence-electron chi connectivity index (χ1n) is 7.03. The maximum Gasteiger partial charge on any atom is 0.325 e. The zero-order chi connectivity index (χ0) is 15.3. The average Bonchev–Trinajstić information content (AvgIpc) is 2.29. The molecule has 0 saturated carbocycles. The average molecular weight is 281 g/mol. The van der Waals surface area contributed by atoms with Gasteiger partial charge in [0.2, 0.25) is 0 Å². The molecule has 1 N–H and O–H groups in total. The Hall–Kier alpha value is -1.42. The van der Waals surface area contributed by atoms with Gasteiger partial charge in [0.05, 0.1) is 0 Å². The van der Waals surface area contributed by atoms with Gasteiger partial charge >= 0.3 is 5.97 Å². The largest absolute Gasteiger partial charge is 0.480 e. The predicted molar refractivity (Wildman–Crippen MR) is 78.0 cm³/mol. The fraction of sp³-hybridized carbons (Fsp3) is 0.562. The summed E-state index contributed by atoms with van der Waals surface area (Å²) in [4.78, 5) is 13.6. The van der Waals surface area contributed by atoms with Gasteiger partial charge in [-0.25, -0.2) is 4.39 Å². The Kier molecular flexibility index (Phi) is 6.14. The lowest BCUT2D eigenvalue weighted by atomic mass is 10.0. The summed E-state index contributed by atoms with van der Waals surface area (Å²) in [6, 6.07) is 5.02. The molecule has 0 spiro atoms. The summed E-state index contributed by atoms with van der Waals surface area (Å²) in [5.41, 5.74) is 0.625. The van der Waals surface area contributed by atoms with Gasteiger partial charge in [-0.2, -0.15) is 0 Å². The molecular weight excluding hydrogens is 257 g/mol. The second kappa shape index (κ2) is 7.39. The lowest BCUT2D eigenvalue weighted by Gasteiger charge is -2.32. The summed E-state index contributed by atoms with van der Waals surface area (Å²) in [7, 11) is 0. The Morgan fingerprint density at radius 3 is 1.90 bits per heavy atom. The van der Waals surface area contributed by atoms with E-state index in [0.29, 0.717) is 30.5 Å². The number of hydrogen-bond acceptors (Lipinski definition) is 2. The highest BCUT2D eigenvalue weighted by molar-refractivity contribution is 5.75. The molecule has 0 aliphatic carbocycles. The Morgan fingerprint density at radius 1 is 1.10 bits per heavy atom. The first kappa shape index (κ1) is 16.6. The quantitative estimate of drug-likeness (QED) is 0.830. The second-order valence-corrected chi connectivity index (χ2v) is 6.03. The maximum absolute atomic E-state index is 13.0. The highest BCUT2D eigenvalue weighted by Crippen LogP contribution is 2.24. The summed E-state index contributed by atoms with van der Waals surface area (Å²) in [5, 5.41) is 9.56. The van der Waals surface area contributed by atoms with E-state index in [-0.39, 0.29) is 5.82 Å². The van der Waals surface area contributed by atoms with Crippen LogP contribution >= 0.6 is 0 Å². The minimum atomic E-state index is -0.891. The van der Waals surface area contributed by atoms with E-state index < -0.39 is 12.0 Å². The van der Waals surface area contributed by atoms with Crippen LogP contribution in [0.3, 0.4) is 0 Å². The minimum absolute atomic E-state index is 0.350. The van der Waals surface area contributed by atoms with Crippen molar-refractivity contribution in [3.8, 4) is 0 Å². The van der Waals surface area contributed by atoms with Crippen LogP contribution in [0.25, 0.3) is 0 Å². The topological polar surface area (TPSA) is 40.5 Å². The predicted octanol–water partition coefficient (Wildman–Crippen LogP) is 3.57. The molecule has 0 heterocycles. The van der Waals surface area contributed by atoms with Gasteiger partial charge in [-0.15, -0.1) is 0 Å². The molecule has 0 aliphatic heterocycles. The number of rotatable bonds is 7. The van der Waals surface area contributed by atoms with Crippen LogP contribution in [0, 0.1) is 17.7 Å². The molecular formula is C16H24FNO2. The first-order valence-corrected chi connectivity index (χ1v) is 7.03. The van der Waals surface area contributed by atoms with Crippen molar-refractivity contribution in [1.29, 1.82) is 0 Å². The van der Waals surface area contributed by atoms with E-state index in [9.17, 15) is 14.3 Å². The first-order chi connectivity index (χ1) is 9.31. The molecule has 0 aliphatic rings. The van der Waals surface area contributed by atoms with Crippen molar-refractivity contribution in [3.63, 3.8) is 0 Å². The molecule has 0 amide bonds. The molecule has 0 bridgehead atoms. The van der Waals surface area contributed by atoms with Crippen LogP contribution in [0.5, 0.6) is 0 Å². The summed E-state index contributed by atoms with van der Waals surface area (Å²) in [6.07, 6.45) is 0. The number of aliphatic carboxylic acids is 1. The fourth-order valence-electron chi connectivity index (χ4n) is 2.38. The Labute approximate surface area is 120 Å². The molecule has 1 atom stereocenters. The fourth-order valence-corrected chi connectivity index (χ4v) is 2.38. The number of carbonyl (C=O) groups is 1. The van der Waals surface area contributed by atoms with Crippen LogP contribution in [0.1, 0.15) is 39.3 Å².